The maximum atomic E-state index is 5.92. The summed E-state index contributed by atoms with van der Waals surface area (Å²) in [6.45, 7) is 2.46. The molecule has 0 fully saturated rings. The fourth-order valence-electron chi connectivity index (χ4n) is 0.992. The molecule has 0 atom stereocenters. The largest absolute Gasteiger partial charge is 0.492 e. The number of rotatable bonds is 3. The van der Waals surface area contributed by atoms with E-state index in [0.29, 0.717) is 28.7 Å². The molecule has 0 aromatic heterocycles. The van der Waals surface area contributed by atoms with Gasteiger partial charge in [-0.15, -0.1) is 0 Å². The first-order valence-corrected chi connectivity index (χ1v) is 4.75. The van der Waals surface area contributed by atoms with Crippen LogP contribution in [0.4, 0.5) is 0 Å². The second-order valence-electron chi connectivity index (χ2n) is 2.51. The Morgan fingerprint density at radius 2 is 2.00 bits per heavy atom. The van der Waals surface area contributed by atoms with E-state index < -0.39 is 0 Å². The van der Waals surface area contributed by atoms with E-state index in [2.05, 4.69) is 0 Å². The van der Waals surface area contributed by atoms with Crippen LogP contribution in [0.5, 0.6) is 5.75 Å². The Kier molecular flexibility index (Phi) is 3.95. The van der Waals surface area contributed by atoms with Crippen LogP contribution in [-0.2, 0) is 6.32 Å². The second-order valence-corrected chi connectivity index (χ2v) is 3.33. The second kappa shape index (κ2) is 4.78. The average Bonchev–Trinajstić information content (AvgIpc) is 2.11. The number of benzene rings is 1. The SMILES string of the molecule is [B]Cc1cc(Cl)c(OCC)cc1Cl. The zero-order valence-electron chi connectivity index (χ0n) is 7.31. The summed E-state index contributed by atoms with van der Waals surface area (Å²) in [6.07, 6.45) is 0.380. The number of ether oxygens (including phenoxy) is 1. The third-order valence-electron chi connectivity index (χ3n) is 1.62. The van der Waals surface area contributed by atoms with Gasteiger partial charge in [-0.25, -0.2) is 0 Å². The monoisotopic (exact) mass is 214 g/mol. The Balaban J connectivity index is 3.05. The summed E-state index contributed by atoms with van der Waals surface area (Å²) in [5, 5.41) is 1.14. The van der Waals surface area contributed by atoms with Crippen LogP contribution in [-0.4, -0.2) is 14.5 Å². The van der Waals surface area contributed by atoms with E-state index in [1.807, 2.05) is 6.92 Å². The molecule has 4 heteroatoms. The maximum Gasteiger partial charge on any atom is 0.139 e. The standard InChI is InChI=1S/C9H9BCl2O/c1-2-13-9-4-7(11)6(5-10)3-8(9)12/h3-4H,2,5H2,1H3. The molecule has 1 aromatic carbocycles. The zero-order chi connectivity index (χ0) is 9.84. The molecule has 1 rings (SSSR count). The van der Waals surface area contributed by atoms with Crippen LogP contribution in [0, 0.1) is 0 Å². The van der Waals surface area contributed by atoms with Crippen molar-refractivity contribution < 1.29 is 4.74 Å². The first-order chi connectivity index (χ1) is 6.19. The van der Waals surface area contributed by atoms with Gasteiger partial charge in [0.2, 0.25) is 0 Å². The predicted octanol–water partition coefficient (Wildman–Crippen LogP) is 3.06. The molecule has 0 aliphatic heterocycles. The van der Waals surface area contributed by atoms with E-state index in [0.717, 1.165) is 5.56 Å². The summed E-state index contributed by atoms with van der Waals surface area (Å²) in [7, 11) is 5.46. The van der Waals surface area contributed by atoms with Gasteiger partial charge in [0.05, 0.1) is 19.5 Å². The molecule has 0 saturated heterocycles. The summed E-state index contributed by atoms with van der Waals surface area (Å²) in [5.41, 5.74) is 0.829. The fraction of sp³-hybridized carbons (Fsp3) is 0.333. The normalized spacial score (nSPS) is 10.1. The van der Waals surface area contributed by atoms with Crippen molar-refractivity contribution in [2.24, 2.45) is 0 Å². The Morgan fingerprint density at radius 3 is 2.54 bits per heavy atom. The molecule has 0 N–H and O–H groups in total. The molecule has 0 unspecified atom stereocenters. The lowest BCUT2D eigenvalue weighted by Gasteiger charge is -2.08. The van der Waals surface area contributed by atoms with Gasteiger partial charge in [0.15, 0.2) is 0 Å². The highest BCUT2D eigenvalue weighted by Crippen LogP contribution is 2.31. The van der Waals surface area contributed by atoms with Gasteiger partial charge in [-0.05, 0) is 18.6 Å². The minimum atomic E-state index is 0.380. The Labute approximate surface area is 89.4 Å². The lowest BCUT2D eigenvalue weighted by atomic mass is 9.97. The number of halogens is 2. The van der Waals surface area contributed by atoms with Crippen molar-refractivity contribution in [1.29, 1.82) is 0 Å². The smallest absolute Gasteiger partial charge is 0.139 e. The van der Waals surface area contributed by atoms with Crippen molar-refractivity contribution >= 4 is 31.0 Å². The van der Waals surface area contributed by atoms with Gasteiger partial charge in [-0.2, -0.15) is 0 Å². The third-order valence-corrected chi connectivity index (χ3v) is 2.27. The van der Waals surface area contributed by atoms with E-state index in [4.69, 9.17) is 35.8 Å². The highest BCUT2D eigenvalue weighted by atomic mass is 35.5. The van der Waals surface area contributed by atoms with E-state index in [1.165, 1.54) is 0 Å². The molecule has 0 spiro atoms. The molecular weight excluding hydrogens is 206 g/mol. The van der Waals surface area contributed by atoms with Crippen LogP contribution in [0.2, 0.25) is 10.0 Å². The summed E-state index contributed by atoms with van der Waals surface area (Å²) in [4.78, 5) is 0. The maximum absolute atomic E-state index is 5.92. The van der Waals surface area contributed by atoms with Gasteiger partial charge in [-0.3, -0.25) is 0 Å². The highest BCUT2D eigenvalue weighted by molar-refractivity contribution is 6.35. The van der Waals surface area contributed by atoms with Crippen molar-refractivity contribution in [3.8, 4) is 5.75 Å². The molecule has 0 aliphatic rings. The quantitative estimate of drug-likeness (QED) is 0.703. The van der Waals surface area contributed by atoms with Gasteiger partial charge in [0, 0.05) is 11.1 Å². The van der Waals surface area contributed by atoms with Crippen LogP contribution < -0.4 is 4.74 Å². The lowest BCUT2D eigenvalue weighted by molar-refractivity contribution is 0.340. The first kappa shape index (κ1) is 10.7. The van der Waals surface area contributed by atoms with Gasteiger partial charge in [0.1, 0.15) is 5.75 Å². The summed E-state index contributed by atoms with van der Waals surface area (Å²) < 4.78 is 5.26. The van der Waals surface area contributed by atoms with Crippen LogP contribution >= 0.6 is 23.2 Å². The van der Waals surface area contributed by atoms with Crippen LogP contribution in [0.1, 0.15) is 12.5 Å². The molecule has 0 bridgehead atoms. The minimum Gasteiger partial charge on any atom is -0.492 e. The van der Waals surface area contributed by atoms with Gasteiger partial charge < -0.3 is 4.74 Å². The molecule has 13 heavy (non-hydrogen) atoms. The molecule has 1 nitrogen and oxygen atoms in total. The van der Waals surface area contributed by atoms with E-state index in [1.54, 1.807) is 12.1 Å². The molecule has 0 heterocycles. The lowest BCUT2D eigenvalue weighted by Crippen LogP contribution is -1.94. The molecule has 0 amide bonds. The van der Waals surface area contributed by atoms with Crippen molar-refractivity contribution in [1.82, 2.24) is 0 Å². The predicted molar refractivity (Wildman–Crippen MR) is 57.1 cm³/mol. The summed E-state index contributed by atoms with van der Waals surface area (Å²) in [6, 6.07) is 3.42. The van der Waals surface area contributed by atoms with E-state index >= 15 is 0 Å². The topological polar surface area (TPSA) is 9.23 Å². The third kappa shape index (κ3) is 2.55. The zero-order valence-corrected chi connectivity index (χ0v) is 8.82. The fourth-order valence-corrected chi connectivity index (χ4v) is 1.46. The summed E-state index contributed by atoms with van der Waals surface area (Å²) >= 11 is 11.8. The molecule has 68 valence electrons. The molecule has 2 radical (unpaired) electrons. The van der Waals surface area contributed by atoms with Crippen molar-refractivity contribution in [2.75, 3.05) is 6.61 Å². The van der Waals surface area contributed by atoms with E-state index in [9.17, 15) is 0 Å². The average molecular weight is 215 g/mol. The van der Waals surface area contributed by atoms with Crippen molar-refractivity contribution in [3.05, 3.63) is 27.7 Å². The van der Waals surface area contributed by atoms with Crippen LogP contribution in [0.3, 0.4) is 0 Å². The molecule has 0 aliphatic carbocycles. The number of hydrogen-bond donors (Lipinski definition) is 0. The van der Waals surface area contributed by atoms with Gasteiger partial charge in [-0.1, -0.05) is 29.5 Å². The van der Waals surface area contributed by atoms with Gasteiger partial charge >= 0.3 is 0 Å². The van der Waals surface area contributed by atoms with Gasteiger partial charge in [0.25, 0.3) is 0 Å². The summed E-state index contributed by atoms with van der Waals surface area (Å²) in [5.74, 6) is 0.603. The van der Waals surface area contributed by atoms with Crippen LogP contribution in [0.15, 0.2) is 12.1 Å². The molecule has 0 saturated carbocycles. The first-order valence-electron chi connectivity index (χ1n) is 3.99. The van der Waals surface area contributed by atoms with Crippen LogP contribution in [0.25, 0.3) is 0 Å². The van der Waals surface area contributed by atoms with E-state index in [-0.39, 0.29) is 0 Å². The Morgan fingerprint density at radius 1 is 1.31 bits per heavy atom. The molecule has 1 aromatic rings. The van der Waals surface area contributed by atoms with Crippen molar-refractivity contribution in [3.63, 3.8) is 0 Å². The Bertz CT molecular complexity index is 302. The number of hydrogen-bond acceptors (Lipinski definition) is 1. The minimum absolute atomic E-state index is 0.380. The molecular formula is C9H9BCl2O. The van der Waals surface area contributed by atoms with Crippen molar-refractivity contribution in [2.45, 2.75) is 13.2 Å². The Hall–Kier alpha value is -0.335. The highest BCUT2D eigenvalue weighted by Gasteiger charge is 2.06.